The van der Waals surface area contributed by atoms with Crippen LogP contribution < -0.4 is 10.6 Å². The van der Waals surface area contributed by atoms with Crippen LogP contribution in [0.25, 0.3) is 22.3 Å². The highest BCUT2D eigenvalue weighted by Crippen LogP contribution is 2.33. The first kappa shape index (κ1) is 23.3. The van der Waals surface area contributed by atoms with Crippen LogP contribution in [0.4, 0.5) is 5.69 Å². The van der Waals surface area contributed by atoms with Gasteiger partial charge in [-0.3, -0.25) is 9.69 Å². The van der Waals surface area contributed by atoms with Gasteiger partial charge in [-0.25, -0.2) is 0 Å². The van der Waals surface area contributed by atoms with E-state index in [1.165, 1.54) is 5.56 Å². The number of rotatable bonds is 5. The Morgan fingerprint density at radius 3 is 2.55 bits per heavy atom. The third-order valence-corrected chi connectivity index (χ3v) is 6.00. The van der Waals surface area contributed by atoms with Gasteiger partial charge in [-0.15, -0.1) is 12.4 Å². The monoisotopic (exact) mass is 481 g/mol. The van der Waals surface area contributed by atoms with E-state index in [1.807, 2.05) is 30.3 Å². The van der Waals surface area contributed by atoms with Gasteiger partial charge in [0.25, 0.3) is 5.91 Å². The van der Waals surface area contributed by atoms with Crippen molar-refractivity contribution in [3.63, 3.8) is 0 Å². The molecule has 0 unspecified atom stereocenters. The Morgan fingerprint density at radius 2 is 1.76 bits per heavy atom. The average molecular weight is 482 g/mol. The number of para-hydroxylation sites is 1. The molecule has 33 heavy (non-hydrogen) atoms. The van der Waals surface area contributed by atoms with Crippen LogP contribution in [0.2, 0.25) is 5.02 Å². The predicted octanol–water partition coefficient (Wildman–Crippen LogP) is 5.83. The van der Waals surface area contributed by atoms with Gasteiger partial charge in [-0.2, -0.15) is 0 Å². The molecule has 0 atom stereocenters. The molecule has 170 valence electrons. The van der Waals surface area contributed by atoms with Crippen molar-refractivity contribution in [2.75, 3.05) is 31.5 Å². The molecule has 2 heterocycles. The normalized spacial score (nSPS) is 14.1. The van der Waals surface area contributed by atoms with E-state index >= 15 is 0 Å². The summed E-state index contributed by atoms with van der Waals surface area (Å²) in [5, 5.41) is 8.03. The second kappa shape index (κ2) is 10.4. The maximum atomic E-state index is 12.7. The van der Waals surface area contributed by atoms with Crippen LogP contribution in [0, 0.1) is 0 Å². The Labute approximate surface area is 204 Å². The van der Waals surface area contributed by atoms with Gasteiger partial charge in [0.15, 0.2) is 0 Å². The summed E-state index contributed by atoms with van der Waals surface area (Å²) in [7, 11) is 0. The molecule has 0 spiro atoms. The van der Waals surface area contributed by atoms with Gasteiger partial charge in [0, 0.05) is 54.3 Å². The van der Waals surface area contributed by atoms with Crippen molar-refractivity contribution >= 4 is 46.6 Å². The zero-order chi connectivity index (χ0) is 21.9. The molecule has 5 nitrogen and oxygen atoms in total. The SMILES string of the molecule is Cl.O=C(Nc1ccccc1-c1cc2ccc(CN3CCNCC3)cc2o1)c1ccc(Cl)cc1. The van der Waals surface area contributed by atoms with Crippen molar-refractivity contribution in [1.82, 2.24) is 10.2 Å². The minimum atomic E-state index is -0.191. The Balaban J connectivity index is 0.00000259. The Hall–Kier alpha value is -2.83. The molecule has 1 fully saturated rings. The summed E-state index contributed by atoms with van der Waals surface area (Å²) < 4.78 is 6.23. The van der Waals surface area contributed by atoms with Crippen LogP contribution in [-0.4, -0.2) is 37.0 Å². The number of carbonyl (C=O) groups is 1. The van der Waals surface area contributed by atoms with E-state index in [0.717, 1.165) is 55.0 Å². The highest BCUT2D eigenvalue weighted by atomic mass is 35.5. The molecule has 4 aromatic rings. The number of anilines is 1. The van der Waals surface area contributed by atoms with Crippen LogP contribution in [0.5, 0.6) is 0 Å². The first-order chi connectivity index (χ1) is 15.7. The van der Waals surface area contributed by atoms with Gasteiger partial charge in [0.1, 0.15) is 11.3 Å². The molecule has 5 rings (SSSR count). The van der Waals surface area contributed by atoms with E-state index in [2.05, 4.69) is 33.7 Å². The number of nitrogens with zero attached hydrogens (tertiary/aromatic N) is 1. The predicted molar refractivity (Wildman–Crippen MR) is 136 cm³/mol. The van der Waals surface area contributed by atoms with Gasteiger partial charge in [-0.1, -0.05) is 35.9 Å². The molecule has 1 aromatic heterocycles. The summed E-state index contributed by atoms with van der Waals surface area (Å²) in [5.74, 6) is 0.537. The second-order valence-electron chi connectivity index (χ2n) is 8.02. The third-order valence-electron chi connectivity index (χ3n) is 5.75. The molecule has 1 saturated heterocycles. The molecule has 1 aliphatic heterocycles. The van der Waals surface area contributed by atoms with E-state index in [9.17, 15) is 4.79 Å². The molecule has 0 aliphatic carbocycles. The summed E-state index contributed by atoms with van der Waals surface area (Å²) in [6.07, 6.45) is 0. The number of amides is 1. The number of piperazine rings is 1. The first-order valence-corrected chi connectivity index (χ1v) is 11.2. The number of benzene rings is 3. The van der Waals surface area contributed by atoms with Gasteiger partial charge in [0.05, 0.1) is 5.69 Å². The van der Waals surface area contributed by atoms with Crippen LogP contribution in [0.3, 0.4) is 0 Å². The molecule has 0 bridgehead atoms. The molecular weight excluding hydrogens is 457 g/mol. The number of halogens is 2. The van der Waals surface area contributed by atoms with Crippen molar-refractivity contribution in [2.24, 2.45) is 0 Å². The zero-order valence-electron chi connectivity index (χ0n) is 18.0. The molecule has 1 aliphatic rings. The molecule has 7 heteroatoms. The van der Waals surface area contributed by atoms with Crippen molar-refractivity contribution in [2.45, 2.75) is 6.54 Å². The topological polar surface area (TPSA) is 57.5 Å². The fourth-order valence-electron chi connectivity index (χ4n) is 4.04. The quantitative estimate of drug-likeness (QED) is 0.376. The van der Waals surface area contributed by atoms with Crippen molar-refractivity contribution < 1.29 is 9.21 Å². The number of furan rings is 1. The van der Waals surface area contributed by atoms with Crippen molar-refractivity contribution in [3.8, 4) is 11.3 Å². The van der Waals surface area contributed by atoms with E-state index in [0.29, 0.717) is 16.3 Å². The molecular formula is C26H25Cl2N3O2. The molecule has 2 N–H and O–H groups in total. The van der Waals surface area contributed by atoms with Gasteiger partial charge in [0.2, 0.25) is 0 Å². The number of hydrogen-bond donors (Lipinski definition) is 2. The van der Waals surface area contributed by atoms with Gasteiger partial charge < -0.3 is 15.1 Å². The lowest BCUT2D eigenvalue weighted by Crippen LogP contribution is -2.42. The average Bonchev–Trinajstić information content (AvgIpc) is 3.24. The lowest BCUT2D eigenvalue weighted by molar-refractivity contribution is 0.102. The Kier molecular flexibility index (Phi) is 7.36. The highest BCUT2D eigenvalue weighted by Gasteiger charge is 2.15. The maximum Gasteiger partial charge on any atom is 0.255 e. The number of fused-ring (bicyclic) bond motifs is 1. The number of carbonyl (C=O) groups excluding carboxylic acids is 1. The third kappa shape index (κ3) is 5.40. The lowest BCUT2D eigenvalue weighted by atomic mass is 10.1. The zero-order valence-corrected chi connectivity index (χ0v) is 19.6. The van der Waals surface area contributed by atoms with Crippen LogP contribution in [0.15, 0.2) is 77.2 Å². The Morgan fingerprint density at radius 1 is 1.00 bits per heavy atom. The van der Waals surface area contributed by atoms with E-state index in [-0.39, 0.29) is 18.3 Å². The van der Waals surface area contributed by atoms with E-state index in [1.54, 1.807) is 24.3 Å². The van der Waals surface area contributed by atoms with Gasteiger partial charge in [-0.05, 0) is 54.1 Å². The largest absolute Gasteiger partial charge is 0.456 e. The molecule has 1 amide bonds. The minimum absolute atomic E-state index is 0. The summed E-state index contributed by atoms with van der Waals surface area (Å²) >= 11 is 5.94. The van der Waals surface area contributed by atoms with Crippen molar-refractivity contribution in [1.29, 1.82) is 0 Å². The number of hydrogen-bond acceptors (Lipinski definition) is 4. The molecule has 0 saturated carbocycles. The van der Waals surface area contributed by atoms with E-state index in [4.69, 9.17) is 16.0 Å². The van der Waals surface area contributed by atoms with Gasteiger partial charge >= 0.3 is 0 Å². The summed E-state index contributed by atoms with van der Waals surface area (Å²) in [5.41, 5.74) is 4.18. The number of nitrogens with one attached hydrogen (secondary N) is 2. The lowest BCUT2D eigenvalue weighted by Gasteiger charge is -2.27. The maximum absolute atomic E-state index is 12.7. The first-order valence-electron chi connectivity index (χ1n) is 10.8. The summed E-state index contributed by atoms with van der Waals surface area (Å²) in [6, 6.07) is 22.9. The second-order valence-corrected chi connectivity index (χ2v) is 8.45. The van der Waals surface area contributed by atoms with E-state index < -0.39 is 0 Å². The fraction of sp³-hybridized carbons (Fsp3) is 0.192. The fourth-order valence-corrected chi connectivity index (χ4v) is 4.16. The van der Waals surface area contributed by atoms with Crippen LogP contribution in [0.1, 0.15) is 15.9 Å². The summed E-state index contributed by atoms with van der Waals surface area (Å²) in [6.45, 7) is 5.10. The smallest absolute Gasteiger partial charge is 0.255 e. The molecule has 0 radical (unpaired) electrons. The van der Waals surface area contributed by atoms with Crippen LogP contribution in [-0.2, 0) is 6.54 Å². The minimum Gasteiger partial charge on any atom is -0.456 e. The highest BCUT2D eigenvalue weighted by molar-refractivity contribution is 6.30. The summed E-state index contributed by atoms with van der Waals surface area (Å²) in [4.78, 5) is 15.2. The van der Waals surface area contributed by atoms with Crippen molar-refractivity contribution in [3.05, 3.63) is 88.9 Å². The molecule has 3 aromatic carbocycles. The Bertz CT molecular complexity index is 1250. The van der Waals surface area contributed by atoms with Crippen LogP contribution >= 0.6 is 24.0 Å². The standard InChI is InChI=1S/C26H24ClN3O2.ClH/c27-21-9-7-19(8-10-21)26(31)29-23-4-2-1-3-22(23)25-16-20-6-5-18(15-24(20)32-25)17-30-13-11-28-12-14-30;/h1-10,15-16,28H,11-14,17H2,(H,29,31);1H.